The molecule has 0 aromatic heterocycles. The maximum Gasteiger partial charge on any atom is 0.253 e. The lowest BCUT2D eigenvalue weighted by Gasteiger charge is -2.35. The second-order valence-electron chi connectivity index (χ2n) is 9.39. The van der Waals surface area contributed by atoms with E-state index >= 15 is 0 Å². The molecule has 1 amide bonds. The van der Waals surface area contributed by atoms with Crippen molar-refractivity contribution in [3.8, 4) is 17.2 Å². The average Bonchev–Trinajstić information content (AvgIpc) is 3.08. The van der Waals surface area contributed by atoms with Crippen molar-refractivity contribution in [3.63, 3.8) is 0 Å². The third kappa shape index (κ3) is 6.42. The summed E-state index contributed by atoms with van der Waals surface area (Å²) in [5, 5.41) is 0. The van der Waals surface area contributed by atoms with Gasteiger partial charge >= 0.3 is 0 Å². The molecule has 1 atom stereocenters. The number of ether oxygens (including phenoxy) is 4. The fraction of sp³-hybridized carbons (Fsp3) is 0.519. The minimum absolute atomic E-state index is 0.0381. The molecule has 2 aromatic rings. The molecule has 4 rings (SSSR count). The Morgan fingerprint density at radius 2 is 1.91 bits per heavy atom. The van der Waals surface area contributed by atoms with Crippen LogP contribution in [0.3, 0.4) is 0 Å². The van der Waals surface area contributed by atoms with Crippen molar-refractivity contribution in [2.75, 3.05) is 46.6 Å². The van der Waals surface area contributed by atoms with Gasteiger partial charge in [-0.25, -0.2) is 0 Å². The molecule has 2 aliphatic rings. The lowest BCUT2D eigenvalue weighted by Crippen LogP contribution is -2.51. The Morgan fingerprint density at radius 3 is 2.71 bits per heavy atom. The number of carbonyl (C=O) groups excluding carboxylic acids is 1. The van der Waals surface area contributed by atoms with E-state index in [0.717, 1.165) is 42.3 Å². The highest BCUT2D eigenvalue weighted by molar-refractivity contribution is 5.81. The number of fused-ring (bicyclic) bond motifs is 1. The van der Waals surface area contributed by atoms with Gasteiger partial charge in [0.15, 0.2) is 11.5 Å². The van der Waals surface area contributed by atoms with E-state index in [9.17, 15) is 4.79 Å². The molecule has 0 spiro atoms. The number of carbonyl (C=O) groups is 1. The van der Waals surface area contributed by atoms with Crippen LogP contribution in [0.1, 0.15) is 31.4 Å². The summed E-state index contributed by atoms with van der Waals surface area (Å²) >= 11 is 0. The van der Waals surface area contributed by atoms with Gasteiger partial charge in [0.05, 0.1) is 26.9 Å². The molecule has 0 saturated carbocycles. The van der Waals surface area contributed by atoms with E-state index in [4.69, 9.17) is 18.9 Å². The van der Waals surface area contributed by atoms with Crippen LogP contribution in [0.25, 0.3) is 0 Å². The third-order valence-corrected chi connectivity index (χ3v) is 6.05. The maximum absolute atomic E-state index is 13.6. The summed E-state index contributed by atoms with van der Waals surface area (Å²) in [5.74, 6) is 2.76. The van der Waals surface area contributed by atoms with Crippen molar-refractivity contribution in [2.24, 2.45) is 5.92 Å². The van der Waals surface area contributed by atoms with Crippen LogP contribution in [0.15, 0.2) is 42.5 Å². The number of hydrogen-bond donors (Lipinski definition) is 0. The molecular formula is C27H36N2O5. The molecule has 34 heavy (non-hydrogen) atoms. The number of nitrogens with zero attached hydrogens (tertiary/aromatic N) is 2. The molecule has 7 nitrogen and oxygen atoms in total. The molecule has 0 radical (unpaired) electrons. The zero-order valence-corrected chi connectivity index (χ0v) is 20.5. The fourth-order valence-electron chi connectivity index (χ4n) is 4.43. The van der Waals surface area contributed by atoms with E-state index < -0.39 is 6.10 Å². The molecule has 2 aliphatic heterocycles. The highest BCUT2D eigenvalue weighted by Gasteiger charge is 2.31. The van der Waals surface area contributed by atoms with E-state index in [0.29, 0.717) is 45.4 Å². The first-order chi connectivity index (χ1) is 16.5. The van der Waals surface area contributed by atoms with Crippen LogP contribution in [-0.4, -0.2) is 68.4 Å². The number of rotatable bonds is 8. The largest absolute Gasteiger partial charge is 0.497 e. The summed E-state index contributed by atoms with van der Waals surface area (Å²) in [6.07, 6.45) is 0.395. The summed E-state index contributed by atoms with van der Waals surface area (Å²) in [7, 11) is 1.68. The van der Waals surface area contributed by atoms with E-state index in [2.05, 4.69) is 24.8 Å². The van der Waals surface area contributed by atoms with E-state index in [-0.39, 0.29) is 5.91 Å². The van der Waals surface area contributed by atoms with Gasteiger partial charge in [-0.15, -0.1) is 0 Å². The van der Waals surface area contributed by atoms with Gasteiger partial charge in [0, 0.05) is 39.1 Å². The average molecular weight is 469 g/mol. The monoisotopic (exact) mass is 468 g/mol. The number of amides is 1. The first-order valence-electron chi connectivity index (χ1n) is 12.2. The first-order valence-corrected chi connectivity index (χ1v) is 12.2. The molecule has 0 bridgehead atoms. The van der Waals surface area contributed by atoms with Crippen molar-refractivity contribution >= 4 is 5.91 Å². The van der Waals surface area contributed by atoms with Gasteiger partial charge in [0.1, 0.15) is 11.9 Å². The Labute approximate surface area is 202 Å². The van der Waals surface area contributed by atoms with Gasteiger partial charge in [-0.2, -0.15) is 0 Å². The summed E-state index contributed by atoms with van der Waals surface area (Å²) in [6, 6.07) is 14.0. The molecule has 184 valence electrons. The minimum atomic E-state index is -0.474. The van der Waals surface area contributed by atoms with Crippen molar-refractivity contribution in [1.29, 1.82) is 0 Å². The van der Waals surface area contributed by atoms with Crippen molar-refractivity contribution in [2.45, 2.75) is 39.5 Å². The quantitative estimate of drug-likeness (QED) is 0.588. The zero-order chi connectivity index (χ0) is 23.9. The van der Waals surface area contributed by atoms with E-state index in [1.165, 1.54) is 5.56 Å². The summed E-state index contributed by atoms with van der Waals surface area (Å²) in [6.45, 7) is 9.43. The van der Waals surface area contributed by atoms with E-state index in [1.54, 1.807) is 7.11 Å². The first kappa shape index (κ1) is 24.4. The molecule has 0 N–H and O–H groups in total. The number of hydrogen-bond acceptors (Lipinski definition) is 6. The lowest BCUT2D eigenvalue weighted by atomic mass is 10.1. The van der Waals surface area contributed by atoms with Gasteiger partial charge in [0.2, 0.25) is 0 Å². The summed E-state index contributed by atoms with van der Waals surface area (Å²) in [4.78, 5) is 17.8. The predicted molar refractivity (Wildman–Crippen MR) is 130 cm³/mol. The van der Waals surface area contributed by atoms with Gasteiger partial charge < -0.3 is 23.8 Å². The normalized spacial score (nSPS) is 18.4. The van der Waals surface area contributed by atoms with E-state index in [1.807, 2.05) is 41.3 Å². The van der Waals surface area contributed by atoms with Gasteiger partial charge in [-0.05, 0) is 41.3 Å². The number of methoxy groups -OCH3 is 1. The van der Waals surface area contributed by atoms with Crippen LogP contribution < -0.4 is 14.2 Å². The van der Waals surface area contributed by atoms with Gasteiger partial charge in [-0.3, -0.25) is 9.69 Å². The Kier molecular flexibility index (Phi) is 8.29. The molecule has 1 unspecified atom stereocenters. The second kappa shape index (κ2) is 11.6. The lowest BCUT2D eigenvalue weighted by molar-refractivity contribution is -0.151. The highest BCUT2D eigenvalue weighted by Crippen LogP contribution is 2.31. The Balaban J connectivity index is 1.43. The predicted octanol–water partition coefficient (Wildman–Crippen LogP) is 3.74. The Morgan fingerprint density at radius 1 is 1.09 bits per heavy atom. The molecule has 0 aliphatic carbocycles. The Bertz CT molecular complexity index is 964. The standard InChI is InChI=1S/C27H36N2O5/c1-20(2)16-29(18-22-8-9-24-25(15-22)33-12-5-11-32-24)27(30)26-19-28(10-13-34-26)17-21-6-4-7-23(14-21)31-3/h4,6-9,14-15,20,26H,5,10-13,16-19H2,1-3H3. The molecule has 2 heterocycles. The van der Waals surface area contributed by atoms with Gasteiger partial charge in [-0.1, -0.05) is 32.0 Å². The second-order valence-corrected chi connectivity index (χ2v) is 9.39. The number of benzene rings is 2. The van der Waals surface area contributed by atoms with Crippen molar-refractivity contribution in [1.82, 2.24) is 9.80 Å². The van der Waals surface area contributed by atoms with Crippen LogP contribution in [-0.2, 0) is 22.6 Å². The molecular weight excluding hydrogens is 432 g/mol. The zero-order valence-electron chi connectivity index (χ0n) is 20.5. The van der Waals surface area contributed by atoms with Crippen molar-refractivity contribution in [3.05, 3.63) is 53.6 Å². The number of morpholine rings is 1. The van der Waals surface area contributed by atoms with Crippen LogP contribution in [0.5, 0.6) is 17.2 Å². The van der Waals surface area contributed by atoms with Crippen LogP contribution >= 0.6 is 0 Å². The summed E-state index contributed by atoms with van der Waals surface area (Å²) < 4.78 is 22.9. The van der Waals surface area contributed by atoms with Gasteiger partial charge in [0.25, 0.3) is 5.91 Å². The summed E-state index contributed by atoms with van der Waals surface area (Å²) in [5.41, 5.74) is 2.20. The molecule has 1 saturated heterocycles. The third-order valence-electron chi connectivity index (χ3n) is 6.05. The minimum Gasteiger partial charge on any atom is -0.497 e. The maximum atomic E-state index is 13.6. The van der Waals surface area contributed by atoms with Crippen LogP contribution in [0.4, 0.5) is 0 Å². The molecule has 1 fully saturated rings. The SMILES string of the molecule is COc1cccc(CN2CCOC(C(=O)N(Cc3ccc4c(c3)OCCCO4)CC(C)C)C2)c1. The molecule has 2 aromatic carbocycles. The molecule has 7 heteroatoms. The van der Waals surface area contributed by atoms with Crippen molar-refractivity contribution < 1.29 is 23.7 Å². The van der Waals surface area contributed by atoms with Crippen LogP contribution in [0, 0.1) is 5.92 Å². The van der Waals surface area contributed by atoms with Crippen LogP contribution in [0.2, 0.25) is 0 Å². The highest BCUT2D eigenvalue weighted by atomic mass is 16.5. The fourth-order valence-corrected chi connectivity index (χ4v) is 4.43. The smallest absolute Gasteiger partial charge is 0.253 e. The topological polar surface area (TPSA) is 60.5 Å². The Hall–Kier alpha value is -2.77.